The van der Waals surface area contributed by atoms with Crippen molar-refractivity contribution in [2.24, 2.45) is 10.7 Å². The van der Waals surface area contributed by atoms with Gasteiger partial charge >= 0.3 is 5.97 Å². The quantitative estimate of drug-likeness (QED) is 0.347. The van der Waals surface area contributed by atoms with Gasteiger partial charge < -0.3 is 26.4 Å². The van der Waals surface area contributed by atoms with Crippen molar-refractivity contribution in [3.8, 4) is 0 Å². The summed E-state index contributed by atoms with van der Waals surface area (Å²) in [7, 11) is 0. The van der Waals surface area contributed by atoms with Crippen LogP contribution in [0.4, 0.5) is 0 Å². The normalized spacial score (nSPS) is 15.7. The smallest absolute Gasteiger partial charge is 0.303 e. The molecule has 0 unspecified atom stereocenters. The third-order valence-electron chi connectivity index (χ3n) is 5.52. The number of nitrogens with two attached hydrogens (primary N) is 1. The Morgan fingerprint density at radius 2 is 1.89 bits per heavy atom. The fourth-order valence-corrected chi connectivity index (χ4v) is 3.78. The highest BCUT2D eigenvalue weighted by molar-refractivity contribution is 6.45. The van der Waals surface area contributed by atoms with Crippen LogP contribution in [0.5, 0.6) is 0 Å². The van der Waals surface area contributed by atoms with Crippen LogP contribution in [0.15, 0.2) is 46.9 Å². The molecule has 1 aromatic carbocycles. The SMILES string of the molecule is C/C=C(\NCc1ccc(Cl)c(Cl)c1)NC(=O)C(=NC1CCN(C(=O)CCC(=O)O)CC1)C(C)=CN. The lowest BCUT2D eigenvalue weighted by Crippen LogP contribution is -2.41. The van der Waals surface area contributed by atoms with Crippen molar-refractivity contribution in [1.29, 1.82) is 0 Å². The predicted octanol–water partition coefficient (Wildman–Crippen LogP) is 3.22. The van der Waals surface area contributed by atoms with E-state index in [4.69, 9.17) is 34.0 Å². The molecule has 1 aliphatic heterocycles. The first kappa shape index (κ1) is 28.2. The zero-order chi connectivity index (χ0) is 26.0. The number of rotatable bonds is 10. The van der Waals surface area contributed by atoms with Crippen LogP contribution < -0.4 is 16.4 Å². The maximum atomic E-state index is 13.0. The van der Waals surface area contributed by atoms with Crippen molar-refractivity contribution in [2.45, 2.75) is 52.1 Å². The Kier molecular flexibility index (Phi) is 11.1. The van der Waals surface area contributed by atoms with E-state index >= 15 is 0 Å². The van der Waals surface area contributed by atoms with Crippen molar-refractivity contribution in [2.75, 3.05) is 13.1 Å². The molecule has 11 heteroatoms. The first-order valence-corrected chi connectivity index (χ1v) is 12.0. The standard InChI is InChI=1S/C24H31Cl2N5O4/c1-3-20(28-14-16-4-5-18(25)19(26)12-16)30-24(35)23(15(2)13-27)29-17-8-10-31(11-9-17)21(32)6-7-22(33)34/h3-5,12-13,17,28H,6-11,14,27H2,1-2H3,(H,30,35)(H,33,34)/b15-13?,20-3+,29-23?. The molecule has 1 saturated heterocycles. The average molecular weight is 524 g/mol. The third kappa shape index (κ3) is 8.92. The van der Waals surface area contributed by atoms with Gasteiger partial charge in [0.15, 0.2) is 0 Å². The molecular weight excluding hydrogens is 493 g/mol. The molecule has 1 aromatic rings. The number of carboxylic acid groups (broad SMARTS) is 1. The Balaban J connectivity index is 2.00. The van der Waals surface area contributed by atoms with E-state index in [1.165, 1.54) is 6.20 Å². The maximum absolute atomic E-state index is 13.0. The molecule has 0 saturated carbocycles. The predicted molar refractivity (Wildman–Crippen MR) is 137 cm³/mol. The van der Waals surface area contributed by atoms with Crippen LogP contribution in [-0.2, 0) is 20.9 Å². The van der Waals surface area contributed by atoms with Gasteiger partial charge in [0.25, 0.3) is 5.91 Å². The van der Waals surface area contributed by atoms with Crippen LogP contribution in [0, 0.1) is 0 Å². The number of likely N-dealkylation sites (tertiary alicyclic amines) is 1. The summed E-state index contributed by atoms with van der Waals surface area (Å²) in [5.74, 6) is -1.09. The number of hydrogen-bond acceptors (Lipinski definition) is 6. The van der Waals surface area contributed by atoms with Crippen LogP contribution in [0.2, 0.25) is 10.0 Å². The number of allylic oxidation sites excluding steroid dienone is 1. The number of nitrogens with zero attached hydrogens (tertiary/aromatic N) is 2. The van der Waals surface area contributed by atoms with Crippen LogP contribution in [0.25, 0.3) is 0 Å². The van der Waals surface area contributed by atoms with Gasteiger partial charge in [-0.2, -0.15) is 0 Å². The van der Waals surface area contributed by atoms with Gasteiger partial charge in [0.1, 0.15) is 11.5 Å². The molecule has 5 N–H and O–H groups in total. The van der Waals surface area contributed by atoms with Gasteiger partial charge in [-0.15, -0.1) is 0 Å². The minimum atomic E-state index is -0.996. The first-order chi connectivity index (χ1) is 16.6. The van der Waals surface area contributed by atoms with Gasteiger partial charge in [0.05, 0.1) is 22.5 Å². The number of nitrogens with one attached hydrogen (secondary N) is 2. The molecule has 0 bridgehead atoms. The van der Waals surface area contributed by atoms with E-state index < -0.39 is 11.9 Å². The number of halogens is 2. The Labute approximate surface area is 215 Å². The van der Waals surface area contributed by atoms with Crippen LogP contribution in [-0.4, -0.2) is 52.6 Å². The highest BCUT2D eigenvalue weighted by atomic mass is 35.5. The molecule has 0 aliphatic carbocycles. The summed E-state index contributed by atoms with van der Waals surface area (Å²) in [5.41, 5.74) is 7.33. The lowest BCUT2D eigenvalue weighted by atomic mass is 10.0. The van der Waals surface area contributed by atoms with Gasteiger partial charge in [0, 0.05) is 26.1 Å². The number of aliphatic imine (C=N–C) groups is 1. The zero-order valence-electron chi connectivity index (χ0n) is 19.8. The van der Waals surface area contributed by atoms with Gasteiger partial charge in [-0.1, -0.05) is 29.3 Å². The third-order valence-corrected chi connectivity index (χ3v) is 6.26. The Hall–Kier alpha value is -3.04. The lowest BCUT2D eigenvalue weighted by Gasteiger charge is -2.30. The van der Waals surface area contributed by atoms with Gasteiger partial charge in [-0.25, -0.2) is 0 Å². The molecule has 35 heavy (non-hydrogen) atoms. The second-order valence-corrected chi connectivity index (χ2v) is 8.91. The molecule has 0 atom stereocenters. The minimum Gasteiger partial charge on any atom is -0.481 e. The number of piperidine rings is 1. The van der Waals surface area contributed by atoms with E-state index in [1.807, 2.05) is 6.07 Å². The topological polar surface area (TPSA) is 137 Å². The fraction of sp³-hybridized carbons (Fsp3) is 0.417. The number of amides is 2. The largest absolute Gasteiger partial charge is 0.481 e. The van der Waals surface area contributed by atoms with Crippen molar-refractivity contribution < 1.29 is 19.5 Å². The number of benzene rings is 1. The Morgan fingerprint density at radius 1 is 1.20 bits per heavy atom. The number of carbonyl (C=O) groups is 3. The summed E-state index contributed by atoms with van der Waals surface area (Å²) in [6.07, 6.45) is 4.00. The molecular formula is C24H31Cl2N5O4. The van der Waals surface area contributed by atoms with Gasteiger partial charge in [-0.05, 0) is 62.2 Å². The minimum absolute atomic E-state index is 0.0205. The molecule has 190 valence electrons. The van der Waals surface area contributed by atoms with Crippen molar-refractivity contribution in [1.82, 2.24) is 15.5 Å². The summed E-state index contributed by atoms with van der Waals surface area (Å²) >= 11 is 12.0. The number of aliphatic carboxylic acids is 1. The highest BCUT2D eigenvalue weighted by Gasteiger charge is 2.24. The summed E-state index contributed by atoms with van der Waals surface area (Å²) in [4.78, 5) is 42.2. The van der Waals surface area contributed by atoms with Crippen LogP contribution in [0.3, 0.4) is 0 Å². The monoisotopic (exact) mass is 523 g/mol. The number of hydrogen-bond donors (Lipinski definition) is 4. The van der Waals surface area contributed by atoms with E-state index in [-0.39, 0.29) is 30.5 Å². The summed E-state index contributed by atoms with van der Waals surface area (Å²) in [5, 5.41) is 15.7. The second kappa shape index (κ2) is 13.7. The van der Waals surface area contributed by atoms with Crippen LogP contribution in [0.1, 0.15) is 45.1 Å². The molecule has 9 nitrogen and oxygen atoms in total. The van der Waals surface area contributed by atoms with E-state index in [2.05, 4.69) is 15.6 Å². The van der Waals surface area contributed by atoms with E-state index in [0.29, 0.717) is 53.9 Å². The molecule has 0 radical (unpaired) electrons. The molecule has 2 rings (SSSR count). The molecule has 1 heterocycles. The zero-order valence-corrected chi connectivity index (χ0v) is 21.3. The molecule has 1 fully saturated rings. The molecule has 0 spiro atoms. The van der Waals surface area contributed by atoms with Gasteiger partial charge in [0.2, 0.25) is 5.91 Å². The van der Waals surface area contributed by atoms with Gasteiger partial charge in [-0.3, -0.25) is 19.4 Å². The maximum Gasteiger partial charge on any atom is 0.303 e. The van der Waals surface area contributed by atoms with Crippen LogP contribution >= 0.6 is 23.2 Å². The summed E-state index contributed by atoms with van der Waals surface area (Å²) < 4.78 is 0. The fourth-order valence-electron chi connectivity index (χ4n) is 3.46. The summed E-state index contributed by atoms with van der Waals surface area (Å²) in [6.45, 7) is 4.83. The molecule has 2 amide bonds. The van der Waals surface area contributed by atoms with E-state index in [1.54, 1.807) is 37.0 Å². The van der Waals surface area contributed by atoms with Crippen molar-refractivity contribution >= 4 is 46.7 Å². The lowest BCUT2D eigenvalue weighted by molar-refractivity contribution is -0.141. The molecule has 1 aliphatic rings. The second-order valence-electron chi connectivity index (χ2n) is 8.09. The highest BCUT2D eigenvalue weighted by Crippen LogP contribution is 2.22. The average Bonchev–Trinajstić information content (AvgIpc) is 2.85. The van der Waals surface area contributed by atoms with Crippen molar-refractivity contribution in [3.63, 3.8) is 0 Å². The summed E-state index contributed by atoms with van der Waals surface area (Å²) in [6, 6.07) is 5.13. The number of carboxylic acids is 1. The molecule has 0 aromatic heterocycles. The Bertz CT molecular complexity index is 1030. The first-order valence-electron chi connectivity index (χ1n) is 11.3. The van der Waals surface area contributed by atoms with E-state index in [9.17, 15) is 14.4 Å². The van der Waals surface area contributed by atoms with Crippen molar-refractivity contribution in [3.05, 3.63) is 57.5 Å². The Morgan fingerprint density at radius 3 is 2.46 bits per heavy atom. The number of carbonyl (C=O) groups excluding carboxylic acids is 2. The van der Waals surface area contributed by atoms with E-state index in [0.717, 1.165) is 5.56 Å².